The van der Waals surface area contributed by atoms with E-state index in [1.165, 1.54) is 12.1 Å². The van der Waals surface area contributed by atoms with Gasteiger partial charge in [0.05, 0.1) is 0 Å². The van der Waals surface area contributed by atoms with Gasteiger partial charge in [-0.15, -0.1) is 0 Å². The smallest absolute Gasteiger partial charge is 0.323 e. The Kier molecular flexibility index (Phi) is 5.09. The molecule has 1 rings (SSSR count). The third kappa shape index (κ3) is 4.08. The van der Waals surface area contributed by atoms with Crippen LogP contribution in [0.5, 0.6) is 5.75 Å². The van der Waals surface area contributed by atoms with Gasteiger partial charge in [0.25, 0.3) is 0 Å². The minimum atomic E-state index is -1.39. The van der Waals surface area contributed by atoms with Crippen LogP contribution in [0.1, 0.15) is 31.1 Å². The van der Waals surface area contributed by atoms with Gasteiger partial charge in [0.15, 0.2) is 0 Å². The van der Waals surface area contributed by atoms with Crippen molar-refractivity contribution in [3.8, 4) is 5.75 Å². The molecule has 0 spiro atoms. The summed E-state index contributed by atoms with van der Waals surface area (Å²) in [5, 5.41) is 28.3. The fourth-order valence-corrected chi connectivity index (χ4v) is 1.61. The fraction of sp³-hybridized carbons (Fsp3) is 0.357. The Morgan fingerprint density at radius 1 is 1.42 bits per heavy atom. The number of carboxylic acids is 1. The van der Waals surface area contributed by atoms with Gasteiger partial charge in [-0.2, -0.15) is 0 Å². The Labute approximate surface area is 112 Å². The summed E-state index contributed by atoms with van der Waals surface area (Å²) in [5.41, 5.74) is 7.48. The number of allylic oxidation sites excluding steroid dienone is 2. The van der Waals surface area contributed by atoms with Crippen LogP contribution in [0.3, 0.4) is 0 Å². The van der Waals surface area contributed by atoms with Crippen LogP contribution >= 0.6 is 0 Å². The number of aliphatic hydroxyl groups excluding tert-OH is 1. The third-order valence-electron chi connectivity index (χ3n) is 2.80. The number of nitrogens with two attached hydrogens (primary N) is 1. The zero-order valence-corrected chi connectivity index (χ0v) is 11.0. The second-order valence-electron chi connectivity index (χ2n) is 4.68. The minimum absolute atomic E-state index is 0.109. The molecule has 5 N–H and O–H groups in total. The van der Waals surface area contributed by atoms with Crippen molar-refractivity contribution in [2.24, 2.45) is 5.73 Å². The first kappa shape index (κ1) is 15.2. The molecule has 0 heterocycles. The molecule has 0 aliphatic rings. The Morgan fingerprint density at radius 3 is 2.58 bits per heavy atom. The molecule has 0 aromatic heterocycles. The summed E-state index contributed by atoms with van der Waals surface area (Å²) in [4.78, 5) is 10.7. The molecule has 0 saturated heterocycles. The highest BCUT2D eigenvalue weighted by Crippen LogP contribution is 2.24. The van der Waals surface area contributed by atoms with Crippen molar-refractivity contribution in [1.29, 1.82) is 0 Å². The number of phenols is 1. The van der Waals surface area contributed by atoms with E-state index in [2.05, 4.69) is 0 Å². The average Bonchev–Trinajstić information content (AvgIpc) is 2.35. The van der Waals surface area contributed by atoms with Crippen molar-refractivity contribution in [2.45, 2.75) is 32.4 Å². The lowest BCUT2D eigenvalue weighted by Gasteiger charge is -2.16. The van der Waals surface area contributed by atoms with Crippen LogP contribution in [0.25, 0.3) is 0 Å². The highest BCUT2D eigenvalue weighted by atomic mass is 16.4. The second-order valence-corrected chi connectivity index (χ2v) is 4.68. The molecular weight excluding hydrogens is 246 g/mol. The number of carbonyl (C=O) groups is 1. The highest BCUT2D eigenvalue weighted by Gasteiger charge is 2.23. The Bertz CT molecular complexity index is 492. The summed E-state index contributed by atoms with van der Waals surface area (Å²) < 4.78 is 0. The number of hydrogen-bond donors (Lipinski definition) is 4. The predicted molar refractivity (Wildman–Crippen MR) is 71.8 cm³/mol. The Morgan fingerprint density at radius 2 is 2.05 bits per heavy atom. The van der Waals surface area contributed by atoms with Crippen molar-refractivity contribution in [3.63, 3.8) is 0 Å². The molecule has 2 atom stereocenters. The highest BCUT2D eigenvalue weighted by molar-refractivity contribution is 5.74. The maximum atomic E-state index is 10.7. The molecule has 0 aliphatic heterocycles. The summed E-state index contributed by atoms with van der Waals surface area (Å²) >= 11 is 0. The molecule has 5 heteroatoms. The molecule has 0 bridgehead atoms. The SMILES string of the molecule is CC(C)=CCc1cc([C@H](O)[C@H](N)C(=O)O)ccc1O. The monoisotopic (exact) mass is 265 g/mol. The van der Waals surface area contributed by atoms with Gasteiger partial charge in [0, 0.05) is 0 Å². The molecule has 0 saturated carbocycles. The number of aliphatic carboxylic acids is 1. The van der Waals surface area contributed by atoms with Gasteiger partial charge in [-0.3, -0.25) is 4.79 Å². The summed E-state index contributed by atoms with van der Waals surface area (Å²) in [7, 11) is 0. The van der Waals surface area contributed by atoms with Crippen molar-refractivity contribution >= 4 is 5.97 Å². The molecule has 0 radical (unpaired) electrons. The van der Waals surface area contributed by atoms with E-state index >= 15 is 0 Å². The Balaban J connectivity index is 3.01. The first-order chi connectivity index (χ1) is 8.82. The van der Waals surface area contributed by atoms with Crippen molar-refractivity contribution < 1.29 is 20.1 Å². The van der Waals surface area contributed by atoms with Crippen LogP contribution in [0.15, 0.2) is 29.8 Å². The van der Waals surface area contributed by atoms with E-state index in [9.17, 15) is 15.0 Å². The van der Waals surface area contributed by atoms with Crippen molar-refractivity contribution in [3.05, 3.63) is 41.0 Å². The van der Waals surface area contributed by atoms with E-state index in [1.807, 2.05) is 19.9 Å². The van der Waals surface area contributed by atoms with Crippen LogP contribution in [-0.2, 0) is 11.2 Å². The van der Waals surface area contributed by atoms with Crippen molar-refractivity contribution in [1.82, 2.24) is 0 Å². The Hall–Kier alpha value is -1.85. The molecule has 1 aromatic rings. The summed E-state index contributed by atoms with van der Waals surface area (Å²) in [5.74, 6) is -1.16. The first-order valence-electron chi connectivity index (χ1n) is 5.94. The molecule has 0 fully saturated rings. The number of carboxylic acid groups (broad SMARTS) is 1. The topological polar surface area (TPSA) is 104 Å². The van der Waals surface area contributed by atoms with Gasteiger partial charge in [-0.05, 0) is 43.5 Å². The number of rotatable bonds is 5. The van der Waals surface area contributed by atoms with Crippen LogP contribution in [0.4, 0.5) is 0 Å². The van der Waals surface area contributed by atoms with E-state index in [4.69, 9.17) is 10.8 Å². The largest absolute Gasteiger partial charge is 0.508 e. The standard InChI is InChI=1S/C14H19NO4/c1-8(2)3-4-9-7-10(5-6-11(9)16)13(17)12(15)14(18)19/h3,5-7,12-13,16-17H,4,15H2,1-2H3,(H,18,19)/t12-,13-/m0/s1. The molecule has 0 amide bonds. The number of phenolic OH excluding ortho intramolecular Hbond substituents is 1. The number of hydrogen-bond acceptors (Lipinski definition) is 4. The maximum Gasteiger partial charge on any atom is 0.323 e. The van der Waals surface area contributed by atoms with Crippen LogP contribution in [-0.4, -0.2) is 27.3 Å². The molecular formula is C14H19NO4. The van der Waals surface area contributed by atoms with Crippen LogP contribution in [0, 0.1) is 0 Å². The maximum absolute atomic E-state index is 10.7. The zero-order chi connectivity index (χ0) is 14.6. The molecule has 5 nitrogen and oxygen atoms in total. The second kappa shape index (κ2) is 6.36. The van der Waals surface area contributed by atoms with E-state index in [1.54, 1.807) is 6.07 Å². The minimum Gasteiger partial charge on any atom is -0.508 e. The van der Waals surface area contributed by atoms with E-state index in [-0.39, 0.29) is 5.75 Å². The molecule has 104 valence electrons. The summed E-state index contributed by atoms with van der Waals surface area (Å²) in [6.07, 6.45) is 1.14. The van der Waals surface area contributed by atoms with Gasteiger partial charge >= 0.3 is 5.97 Å². The molecule has 19 heavy (non-hydrogen) atoms. The van der Waals surface area contributed by atoms with Gasteiger partial charge in [0.1, 0.15) is 17.9 Å². The molecule has 0 unspecified atom stereocenters. The predicted octanol–water partition coefficient (Wildman–Crippen LogP) is 1.35. The number of aliphatic hydroxyl groups is 1. The van der Waals surface area contributed by atoms with Crippen LogP contribution in [0.2, 0.25) is 0 Å². The van der Waals surface area contributed by atoms with Gasteiger partial charge in [0.2, 0.25) is 0 Å². The van der Waals surface area contributed by atoms with Gasteiger partial charge in [-0.25, -0.2) is 0 Å². The van der Waals surface area contributed by atoms with Gasteiger partial charge in [-0.1, -0.05) is 17.7 Å². The normalized spacial score (nSPS) is 13.7. The first-order valence-corrected chi connectivity index (χ1v) is 5.94. The van der Waals surface area contributed by atoms with E-state index in [0.29, 0.717) is 17.5 Å². The quantitative estimate of drug-likeness (QED) is 0.602. The molecule has 0 aliphatic carbocycles. The number of aromatic hydroxyl groups is 1. The zero-order valence-electron chi connectivity index (χ0n) is 11.0. The lowest BCUT2D eigenvalue weighted by atomic mass is 9.98. The van der Waals surface area contributed by atoms with E-state index < -0.39 is 18.1 Å². The lowest BCUT2D eigenvalue weighted by Crippen LogP contribution is -2.36. The summed E-state index contributed by atoms with van der Waals surface area (Å²) in [6.45, 7) is 3.88. The average molecular weight is 265 g/mol. The lowest BCUT2D eigenvalue weighted by molar-refractivity contribution is -0.141. The van der Waals surface area contributed by atoms with E-state index in [0.717, 1.165) is 5.57 Å². The van der Waals surface area contributed by atoms with Crippen LogP contribution < -0.4 is 5.73 Å². The molecule has 1 aromatic carbocycles. The summed E-state index contributed by atoms with van der Waals surface area (Å²) in [6, 6.07) is 3.08. The number of benzene rings is 1. The third-order valence-corrected chi connectivity index (χ3v) is 2.80. The van der Waals surface area contributed by atoms with Crippen molar-refractivity contribution in [2.75, 3.05) is 0 Å². The van der Waals surface area contributed by atoms with Gasteiger partial charge < -0.3 is 21.1 Å². The fourth-order valence-electron chi connectivity index (χ4n) is 1.61.